The van der Waals surface area contributed by atoms with Crippen molar-refractivity contribution in [3.05, 3.63) is 80.1 Å². The molecule has 9 heteroatoms. The molecule has 146 valence electrons. The van der Waals surface area contributed by atoms with Crippen LogP contribution in [0.15, 0.2) is 58.4 Å². The molecular formula is C19H21ClN6O2. The fraction of sp³-hybridized carbons (Fsp3) is 0.316. The van der Waals surface area contributed by atoms with Crippen LogP contribution in [0.1, 0.15) is 23.1 Å². The molecule has 0 atom stereocenters. The molecule has 1 aromatic heterocycles. The SMILES string of the molecule is Cc1cccc(C)c1/N=N/C(=C1/NCCCN1Cc1ccc(Cl)nc1)[N+](=O)[O-]. The van der Waals surface area contributed by atoms with Crippen molar-refractivity contribution in [1.29, 1.82) is 0 Å². The van der Waals surface area contributed by atoms with Gasteiger partial charge in [-0.25, -0.2) is 4.98 Å². The molecule has 8 nitrogen and oxygen atoms in total. The summed E-state index contributed by atoms with van der Waals surface area (Å²) in [6.45, 7) is 5.57. The van der Waals surface area contributed by atoms with Gasteiger partial charge in [-0.1, -0.05) is 35.9 Å². The molecule has 0 saturated carbocycles. The second-order valence-corrected chi connectivity index (χ2v) is 6.95. The molecule has 3 rings (SSSR count). The number of hydrogen-bond acceptors (Lipinski definition) is 7. The van der Waals surface area contributed by atoms with Crippen LogP contribution in [0.5, 0.6) is 0 Å². The monoisotopic (exact) mass is 400 g/mol. The first-order valence-corrected chi connectivity index (χ1v) is 9.29. The van der Waals surface area contributed by atoms with Crippen LogP contribution in [0.25, 0.3) is 0 Å². The van der Waals surface area contributed by atoms with Crippen LogP contribution in [-0.2, 0) is 6.54 Å². The maximum atomic E-state index is 11.7. The minimum atomic E-state index is -0.502. The van der Waals surface area contributed by atoms with Crippen molar-refractivity contribution in [3.8, 4) is 0 Å². The zero-order valence-corrected chi connectivity index (χ0v) is 16.5. The molecule has 1 saturated heterocycles. The van der Waals surface area contributed by atoms with Gasteiger partial charge in [0.05, 0.1) is 5.11 Å². The standard InChI is InChI=1S/C19H21ClN6O2/c1-13-5-3-6-14(2)17(13)23-24-19(26(27)28)18-21-9-4-10-25(18)12-15-7-8-16(20)22-11-15/h3,5-8,11,21H,4,9-10,12H2,1-2H3/b19-18+,24-23+. The molecule has 28 heavy (non-hydrogen) atoms. The van der Waals surface area contributed by atoms with Gasteiger partial charge in [0.1, 0.15) is 10.8 Å². The van der Waals surface area contributed by atoms with Gasteiger partial charge < -0.3 is 20.3 Å². The van der Waals surface area contributed by atoms with E-state index in [-0.39, 0.29) is 5.82 Å². The number of azo groups is 1. The number of nitrogens with one attached hydrogen (secondary N) is 1. The first-order chi connectivity index (χ1) is 13.5. The third kappa shape index (κ3) is 4.64. The van der Waals surface area contributed by atoms with Crippen LogP contribution in [0.4, 0.5) is 5.69 Å². The van der Waals surface area contributed by atoms with Crippen molar-refractivity contribution in [2.75, 3.05) is 13.1 Å². The van der Waals surface area contributed by atoms with Gasteiger partial charge in [0, 0.05) is 25.8 Å². The minimum absolute atomic E-state index is 0.302. The van der Waals surface area contributed by atoms with Gasteiger partial charge in [-0.2, -0.15) is 0 Å². The normalized spacial score (nSPS) is 16.2. The fourth-order valence-electron chi connectivity index (χ4n) is 3.03. The van der Waals surface area contributed by atoms with Gasteiger partial charge in [-0.05, 0) is 53.1 Å². The number of rotatable bonds is 5. The molecule has 1 N–H and O–H groups in total. The van der Waals surface area contributed by atoms with Gasteiger partial charge in [0.2, 0.25) is 5.82 Å². The summed E-state index contributed by atoms with van der Waals surface area (Å²) in [5, 5.41) is 23.4. The van der Waals surface area contributed by atoms with Gasteiger partial charge in [-0.15, -0.1) is 0 Å². The van der Waals surface area contributed by atoms with Crippen molar-refractivity contribution < 1.29 is 4.92 Å². The molecule has 2 heterocycles. The topological polar surface area (TPSA) is 96.0 Å². The minimum Gasteiger partial charge on any atom is -0.364 e. The third-order valence-corrected chi connectivity index (χ3v) is 4.67. The lowest BCUT2D eigenvalue weighted by Crippen LogP contribution is -2.40. The van der Waals surface area contributed by atoms with Crippen molar-refractivity contribution in [1.82, 2.24) is 15.2 Å². The van der Waals surface area contributed by atoms with E-state index in [2.05, 4.69) is 20.5 Å². The predicted molar refractivity (Wildman–Crippen MR) is 107 cm³/mol. The number of nitrogens with zero attached hydrogens (tertiary/aromatic N) is 5. The number of nitro groups is 1. The molecule has 0 amide bonds. The smallest absolute Gasteiger partial charge is 0.364 e. The van der Waals surface area contributed by atoms with E-state index in [1.54, 1.807) is 12.3 Å². The van der Waals surface area contributed by atoms with Crippen LogP contribution in [-0.4, -0.2) is 27.9 Å². The second kappa shape index (κ2) is 8.79. The third-order valence-electron chi connectivity index (χ3n) is 4.44. The summed E-state index contributed by atoms with van der Waals surface area (Å²) in [7, 11) is 0. The number of pyridine rings is 1. The number of aromatic nitrogens is 1. The molecule has 1 aliphatic rings. The van der Waals surface area contributed by atoms with E-state index in [4.69, 9.17) is 11.6 Å². The summed E-state index contributed by atoms with van der Waals surface area (Å²) in [6, 6.07) is 9.28. The number of halogens is 1. The molecule has 1 aliphatic heterocycles. The summed E-state index contributed by atoms with van der Waals surface area (Å²) < 4.78 is 0. The highest BCUT2D eigenvalue weighted by Gasteiger charge is 2.27. The molecule has 0 radical (unpaired) electrons. The Morgan fingerprint density at radius 3 is 2.71 bits per heavy atom. The molecular weight excluding hydrogens is 380 g/mol. The molecule has 0 unspecified atom stereocenters. The molecule has 2 aromatic rings. The highest BCUT2D eigenvalue weighted by atomic mass is 35.5. The molecule has 0 bridgehead atoms. The Balaban J connectivity index is 1.94. The van der Waals surface area contributed by atoms with Crippen LogP contribution in [0, 0.1) is 24.0 Å². The summed E-state index contributed by atoms with van der Waals surface area (Å²) in [5.74, 6) is 0.0606. The average molecular weight is 401 g/mol. The zero-order valence-electron chi connectivity index (χ0n) is 15.7. The van der Waals surface area contributed by atoms with E-state index in [9.17, 15) is 10.1 Å². The second-order valence-electron chi connectivity index (χ2n) is 6.56. The van der Waals surface area contributed by atoms with Gasteiger partial charge in [0.15, 0.2) is 0 Å². The average Bonchev–Trinajstić information content (AvgIpc) is 2.67. The highest BCUT2D eigenvalue weighted by molar-refractivity contribution is 6.29. The first kappa shape index (κ1) is 19.8. The summed E-state index contributed by atoms with van der Waals surface area (Å²) in [4.78, 5) is 17.2. The van der Waals surface area contributed by atoms with E-state index in [0.29, 0.717) is 36.3 Å². The number of hydrogen-bond donors (Lipinski definition) is 1. The number of aryl methyl sites for hydroxylation is 2. The van der Waals surface area contributed by atoms with Crippen LogP contribution in [0.3, 0.4) is 0 Å². The lowest BCUT2D eigenvalue weighted by molar-refractivity contribution is -0.429. The Morgan fingerprint density at radius 2 is 2.07 bits per heavy atom. The molecule has 0 spiro atoms. The van der Waals surface area contributed by atoms with Crippen LogP contribution >= 0.6 is 11.6 Å². The lowest BCUT2D eigenvalue weighted by Gasteiger charge is -2.31. The Labute approximate surface area is 168 Å². The van der Waals surface area contributed by atoms with Crippen LogP contribution < -0.4 is 5.32 Å². The highest BCUT2D eigenvalue weighted by Crippen LogP contribution is 2.25. The maximum absolute atomic E-state index is 11.7. The van der Waals surface area contributed by atoms with Crippen molar-refractivity contribution in [2.24, 2.45) is 10.2 Å². The molecule has 1 fully saturated rings. The Kier molecular flexibility index (Phi) is 6.20. The van der Waals surface area contributed by atoms with Crippen LogP contribution in [0.2, 0.25) is 5.15 Å². The largest absolute Gasteiger partial charge is 0.430 e. The Bertz CT molecular complexity index is 906. The Hall–Kier alpha value is -3.00. The zero-order chi connectivity index (χ0) is 20.1. The van der Waals surface area contributed by atoms with E-state index in [0.717, 1.165) is 23.1 Å². The molecule has 1 aromatic carbocycles. The van der Waals surface area contributed by atoms with Gasteiger partial charge >= 0.3 is 5.82 Å². The predicted octanol–water partition coefficient (Wildman–Crippen LogP) is 4.33. The van der Waals surface area contributed by atoms with Crippen molar-refractivity contribution >= 4 is 17.3 Å². The summed E-state index contributed by atoms with van der Waals surface area (Å²) in [5.41, 5.74) is 3.38. The van der Waals surface area contributed by atoms with E-state index in [1.165, 1.54) is 0 Å². The fourth-order valence-corrected chi connectivity index (χ4v) is 3.14. The Morgan fingerprint density at radius 1 is 1.32 bits per heavy atom. The van der Waals surface area contributed by atoms with E-state index >= 15 is 0 Å². The van der Waals surface area contributed by atoms with Gasteiger partial charge in [-0.3, -0.25) is 0 Å². The maximum Gasteiger partial charge on any atom is 0.430 e. The summed E-state index contributed by atoms with van der Waals surface area (Å²) >= 11 is 5.84. The van der Waals surface area contributed by atoms with E-state index in [1.807, 2.05) is 43.0 Å². The van der Waals surface area contributed by atoms with Crippen molar-refractivity contribution in [3.63, 3.8) is 0 Å². The van der Waals surface area contributed by atoms with Gasteiger partial charge in [0.25, 0.3) is 0 Å². The van der Waals surface area contributed by atoms with E-state index < -0.39 is 4.92 Å². The lowest BCUT2D eigenvalue weighted by atomic mass is 10.1. The van der Waals surface area contributed by atoms with Crippen molar-refractivity contribution in [2.45, 2.75) is 26.8 Å². The molecule has 0 aliphatic carbocycles. The first-order valence-electron chi connectivity index (χ1n) is 8.91. The quantitative estimate of drug-likeness (QED) is 0.348. The summed E-state index contributed by atoms with van der Waals surface area (Å²) in [6.07, 6.45) is 2.53. The number of benzene rings is 1.